The molecule has 1 atom stereocenters. The number of hydrogen-bond acceptors (Lipinski definition) is 4. The Morgan fingerprint density at radius 3 is 2.36 bits per heavy atom. The number of pyridine rings is 2. The van der Waals surface area contributed by atoms with Gasteiger partial charge in [0.25, 0.3) is 0 Å². The standard InChI is InChI=1S/C21H30N4/c1-17-9-19(13-22-11-17)15-24(3)21-5-4-7-25(8-6-21)16-20-10-18(2)12-23-14-20/h9-14,21H,4-8,15-16H2,1-3H3/t21-/m0/s1. The third-order valence-electron chi connectivity index (χ3n) is 5.11. The Kier molecular flexibility index (Phi) is 6.16. The van der Waals surface area contributed by atoms with Gasteiger partial charge in [0.05, 0.1) is 0 Å². The van der Waals surface area contributed by atoms with E-state index in [4.69, 9.17) is 0 Å². The van der Waals surface area contributed by atoms with Gasteiger partial charge in [-0.2, -0.15) is 0 Å². The van der Waals surface area contributed by atoms with E-state index in [2.05, 4.69) is 52.8 Å². The van der Waals surface area contributed by atoms with Crippen molar-refractivity contribution in [3.05, 3.63) is 59.2 Å². The molecule has 2 aromatic rings. The number of rotatable bonds is 5. The van der Waals surface area contributed by atoms with Crippen molar-refractivity contribution in [2.75, 3.05) is 20.1 Å². The molecule has 1 saturated heterocycles. The number of hydrogen-bond donors (Lipinski definition) is 0. The molecule has 1 fully saturated rings. The number of aryl methyl sites for hydroxylation is 2. The summed E-state index contributed by atoms with van der Waals surface area (Å²) in [5.74, 6) is 0. The first-order chi connectivity index (χ1) is 12.1. The number of likely N-dealkylation sites (tertiary alicyclic amines) is 1. The van der Waals surface area contributed by atoms with Crippen LogP contribution < -0.4 is 0 Å². The Morgan fingerprint density at radius 2 is 1.64 bits per heavy atom. The van der Waals surface area contributed by atoms with Crippen LogP contribution in [0.25, 0.3) is 0 Å². The third-order valence-corrected chi connectivity index (χ3v) is 5.11. The van der Waals surface area contributed by atoms with Crippen molar-refractivity contribution in [3.63, 3.8) is 0 Å². The molecule has 134 valence electrons. The van der Waals surface area contributed by atoms with Gasteiger partial charge in [-0.1, -0.05) is 12.1 Å². The molecule has 0 spiro atoms. The van der Waals surface area contributed by atoms with Crippen molar-refractivity contribution in [1.29, 1.82) is 0 Å². The average Bonchev–Trinajstić information content (AvgIpc) is 2.80. The summed E-state index contributed by atoms with van der Waals surface area (Å²) in [5.41, 5.74) is 5.13. The van der Waals surface area contributed by atoms with E-state index in [9.17, 15) is 0 Å². The van der Waals surface area contributed by atoms with Crippen molar-refractivity contribution >= 4 is 0 Å². The summed E-state index contributed by atoms with van der Waals surface area (Å²) in [7, 11) is 2.26. The Hall–Kier alpha value is -1.78. The maximum absolute atomic E-state index is 4.33. The number of nitrogens with zero attached hydrogens (tertiary/aromatic N) is 4. The molecule has 0 amide bonds. The van der Waals surface area contributed by atoms with Crippen LogP contribution in [0, 0.1) is 13.8 Å². The fourth-order valence-electron chi connectivity index (χ4n) is 3.82. The van der Waals surface area contributed by atoms with Crippen molar-refractivity contribution in [2.45, 2.75) is 52.2 Å². The lowest BCUT2D eigenvalue weighted by molar-refractivity contribution is 0.206. The molecule has 0 bridgehead atoms. The zero-order valence-electron chi connectivity index (χ0n) is 15.8. The summed E-state index contributed by atoms with van der Waals surface area (Å²) >= 11 is 0. The molecule has 0 unspecified atom stereocenters. The maximum Gasteiger partial charge on any atom is 0.0313 e. The molecule has 0 saturated carbocycles. The first kappa shape index (κ1) is 18.0. The molecule has 3 heterocycles. The fourth-order valence-corrected chi connectivity index (χ4v) is 3.82. The summed E-state index contributed by atoms with van der Waals surface area (Å²) in [6.45, 7) is 8.58. The van der Waals surface area contributed by atoms with Crippen LogP contribution in [-0.4, -0.2) is 45.9 Å². The molecule has 2 aromatic heterocycles. The van der Waals surface area contributed by atoms with E-state index in [-0.39, 0.29) is 0 Å². The highest BCUT2D eigenvalue weighted by molar-refractivity contribution is 5.17. The largest absolute Gasteiger partial charge is 0.299 e. The van der Waals surface area contributed by atoms with Crippen molar-refractivity contribution in [1.82, 2.24) is 19.8 Å². The molecule has 0 radical (unpaired) electrons. The van der Waals surface area contributed by atoms with Crippen molar-refractivity contribution in [2.24, 2.45) is 0 Å². The van der Waals surface area contributed by atoms with E-state index in [1.54, 1.807) is 0 Å². The van der Waals surface area contributed by atoms with E-state index in [1.807, 2.05) is 24.8 Å². The van der Waals surface area contributed by atoms with Gasteiger partial charge in [-0.25, -0.2) is 0 Å². The lowest BCUT2D eigenvalue weighted by Crippen LogP contribution is -2.32. The fraction of sp³-hybridized carbons (Fsp3) is 0.524. The molecule has 25 heavy (non-hydrogen) atoms. The SMILES string of the molecule is Cc1cncc(CN2CCC[C@H](N(C)Cc3cncc(C)c3)CC2)c1. The molecule has 4 nitrogen and oxygen atoms in total. The molecular weight excluding hydrogens is 308 g/mol. The Labute approximate surface area is 151 Å². The summed E-state index contributed by atoms with van der Waals surface area (Å²) in [6, 6.07) is 5.16. The highest BCUT2D eigenvalue weighted by Crippen LogP contribution is 2.19. The van der Waals surface area contributed by atoms with Gasteiger partial charge in [0.1, 0.15) is 0 Å². The smallest absolute Gasteiger partial charge is 0.0313 e. The summed E-state index contributed by atoms with van der Waals surface area (Å²) < 4.78 is 0. The van der Waals surface area contributed by atoms with Gasteiger partial charge in [-0.15, -0.1) is 0 Å². The van der Waals surface area contributed by atoms with Crippen LogP contribution in [0.2, 0.25) is 0 Å². The molecule has 0 aromatic carbocycles. The lowest BCUT2D eigenvalue weighted by Gasteiger charge is -2.27. The second kappa shape index (κ2) is 8.54. The lowest BCUT2D eigenvalue weighted by atomic mass is 10.1. The van der Waals surface area contributed by atoms with E-state index in [1.165, 1.54) is 48.1 Å². The van der Waals surface area contributed by atoms with Crippen LogP contribution >= 0.6 is 0 Å². The van der Waals surface area contributed by atoms with Gasteiger partial charge in [-0.3, -0.25) is 19.8 Å². The zero-order valence-corrected chi connectivity index (χ0v) is 15.8. The van der Waals surface area contributed by atoms with Crippen LogP contribution in [0.4, 0.5) is 0 Å². The molecule has 4 heteroatoms. The molecular formula is C21H30N4. The quantitative estimate of drug-likeness (QED) is 0.834. The Morgan fingerprint density at radius 1 is 0.960 bits per heavy atom. The minimum Gasteiger partial charge on any atom is -0.299 e. The highest BCUT2D eigenvalue weighted by Gasteiger charge is 2.20. The average molecular weight is 338 g/mol. The second-order valence-electron chi connectivity index (χ2n) is 7.52. The van der Waals surface area contributed by atoms with Gasteiger partial charge in [0, 0.05) is 43.9 Å². The van der Waals surface area contributed by atoms with Crippen LogP contribution in [0.5, 0.6) is 0 Å². The van der Waals surface area contributed by atoms with Crippen molar-refractivity contribution in [3.8, 4) is 0 Å². The second-order valence-corrected chi connectivity index (χ2v) is 7.52. The van der Waals surface area contributed by atoms with E-state index >= 15 is 0 Å². The first-order valence-electron chi connectivity index (χ1n) is 9.34. The van der Waals surface area contributed by atoms with Gasteiger partial charge in [0.2, 0.25) is 0 Å². The third kappa shape index (κ3) is 5.35. The topological polar surface area (TPSA) is 32.3 Å². The van der Waals surface area contributed by atoms with Gasteiger partial charge < -0.3 is 0 Å². The normalized spacial score (nSPS) is 19.1. The van der Waals surface area contributed by atoms with Gasteiger partial charge in [0.15, 0.2) is 0 Å². The van der Waals surface area contributed by atoms with Gasteiger partial charge in [-0.05, 0) is 75.5 Å². The molecule has 3 rings (SSSR count). The van der Waals surface area contributed by atoms with Crippen LogP contribution in [0.1, 0.15) is 41.5 Å². The van der Waals surface area contributed by atoms with Crippen LogP contribution in [0.3, 0.4) is 0 Å². The molecule has 0 N–H and O–H groups in total. The zero-order chi connectivity index (χ0) is 17.6. The van der Waals surface area contributed by atoms with Crippen molar-refractivity contribution < 1.29 is 0 Å². The Balaban J connectivity index is 1.54. The minimum atomic E-state index is 0.654. The molecule has 0 aliphatic carbocycles. The Bertz CT molecular complexity index is 685. The maximum atomic E-state index is 4.33. The first-order valence-corrected chi connectivity index (χ1v) is 9.34. The summed E-state index contributed by atoms with van der Waals surface area (Å²) in [4.78, 5) is 13.7. The van der Waals surface area contributed by atoms with E-state index in [0.717, 1.165) is 19.6 Å². The predicted molar refractivity (Wildman–Crippen MR) is 102 cm³/mol. The summed E-state index contributed by atoms with van der Waals surface area (Å²) in [5, 5.41) is 0. The number of aromatic nitrogens is 2. The van der Waals surface area contributed by atoms with Crippen LogP contribution in [0.15, 0.2) is 36.9 Å². The molecule has 1 aliphatic heterocycles. The molecule has 1 aliphatic rings. The minimum absolute atomic E-state index is 0.654. The van der Waals surface area contributed by atoms with Gasteiger partial charge >= 0.3 is 0 Å². The van der Waals surface area contributed by atoms with Crippen LogP contribution in [-0.2, 0) is 13.1 Å². The monoisotopic (exact) mass is 338 g/mol. The van der Waals surface area contributed by atoms with E-state index in [0.29, 0.717) is 6.04 Å². The van der Waals surface area contributed by atoms with E-state index < -0.39 is 0 Å². The summed E-state index contributed by atoms with van der Waals surface area (Å²) in [6.07, 6.45) is 11.6. The highest BCUT2D eigenvalue weighted by atomic mass is 15.2. The predicted octanol–water partition coefficient (Wildman–Crippen LogP) is 3.58.